The van der Waals surface area contributed by atoms with Gasteiger partial charge < -0.3 is 10.6 Å². The van der Waals surface area contributed by atoms with Gasteiger partial charge in [-0.25, -0.2) is 4.39 Å². The smallest absolute Gasteiger partial charge is 0.221 e. The van der Waals surface area contributed by atoms with Gasteiger partial charge in [0, 0.05) is 24.5 Å². The molecule has 0 aliphatic rings. The van der Waals surface area contributed by atoms with Gasteiger partial charge in [-0.3, -0.25) is 4.79 Å². The van der Waals surface area contributed by atoms with Gasteiger partial charge in [0.1, 0.15) is 5.82 Å². The van der Waals surface area contributed by atoms with Crippen molar-refractivity contribution in [1.29, 1.82) is 0 Å². The molecule has 3 nitrogen and oxygen atoms in total. The highest BCUT2D eigenvalue weighted by atomic mass is 35.5. The molecule has 0 atom stereocenters. The van der Waals surface area contributed by atoms with E-state index in [0.29, 0.717) is 43.1 Å². The van der Waals surface area contributed by atoms with Crippen LogP contribution in [0.15, 0.2) is 48.5 Å². The van der Waals surface area contributed by atoms with E-state index in [2.05, 4.69) is 10.6 Å². The summed E-state index contributed by atoms with van der Waals surface area (Å²) in [6, 6.07) is 14.4. The molecule has 128 valence electrons. The molecule has 2 N–H and O–H groups in total. The van der Waals surface area contributed by atoms with E-state index in [1.807, 2.05) is 30.3 Å². The van der Waals surface area contributed by atoms with Crippen molar-refractivity contribution in [3.05, 3.63) is 70.5 Å². The van der Waals surface area contributed by atoms with Gasteiger partial charge in [0.05, 0.1) is 0 Å². The summed E-state index contributed by atoms with van der Waals surface area (Å²) >= 11 is 5.83. The average Bonchev–Trinajstić information content (AvgIpc) is 2.58. The van der Waals surface area contributed by atoms with E-state index in [9.17, 15) is 9.18 Å². The maximum atomic E-state index is 13.4. The first-order chi connectivity index (χ1) is 11.6. The van der Waals surface area contributed by atoms with Gasteiger partial charge in [0.25, 0.3) is 0 Å². The second-order valence-electron chi connectivity index (χ2n) is 5.57. The molecule has 0 fully saturated rings. The fraction of sp³-hybridized carbons (Fsp3) is 0.316. The van der Waals surface area contributed by atoms with Crippen LogP contribution in [0.4, 0.5) is 4.39 Å². The van der Waals surface area contributed by atoms with Crippen LogP contribution in [0.3, 0.4) is 0 Å². The van der Waals surface area contributed by atoms with Crippen molar-refractivity contribution in [3.63, 3.8) is 0 Å². The summed E-state index contributed by atoms with van der Waals surface area (Å²) in [5.74, 6) is -0.165. The number of nitrogens with one attached hydrogen (secondary N) is 2. The van der Waals surface area contributed by atoms with Crippen molar-refractivity contribution in [1.82, 2.24) is 10.6 Å². The third-order valence-corrected chi connectivity index (χ3v) is 3.96. The van der Waals surface area contributed by atoms with Gasteiger partial charge in [-0.1, -0.05) is 41.9 Å². The van der Waals surface area contributed by atoms with Gasteiger partial charge >= 0.3 is 0 Å². The molecule has 0 saturated carbocycles. The fourth-order valence-electron chi connectivity index (χ4n) is 2.34. The third kappa shape index (κ3) is 6.69. The van der Waals surface area contributed by atoms with E-state index in [1.165, 1.54) is 6.07 Å². The lowest BCUT2D eigenvalue weighted by Crippen LogP contribution is -2.29. The monoisotopic (exact) mass is 348 g/mol. The fourth-order valence-corrected chi connectivity index (χ4v) is 2.46. The maximum Gasteiger partial charge on any atom is 0.221 e. The number of rotatable bonds is 9. The maximum absolute atomic E-state index is 13.4. The molecular formula is C19H22ClFN2O. The van der Waals surface area contributed by atoms with Crippen molar-refractivity contribution in [2.24, 2.45) is 0 Å². The van der Waals surface area contributed by atoms with Crippen LogP contribution in [-0.4, -0.2) is 25.5 Å². The summed E-state index contributed by atoms with van der Waals surface area (Å²) in [5, 5.41) is 6.77. The standard InChI is InChI=1S/C19H22ClFN2O/c20-17-7-5-15(6-8-17)9-14-23-19(24)11-13-22-12-10-16-3-1-2-4-18(16)21/h1-8,22H,9-14H2,(H,23,24). The first-order valence-corrected chi connectivity index (χ1v) is 8.48. The number of benzene rings is 2. The Bertz CT molecular complexity index is 646. The average molecular weight is 349 g/mol. The van der Waals surface area contributed by atoms with Crippen LogP contribution in [0, 0.1) is 5.82 Å². The lowest BCUT2D eigenvalue weighted by molar-refractivity contribution is -0.120. The predicted molar refractivity (Wildman–Crippen MR) is 95.8 cm³/mol. The second-order valence-corrected chi connectivity index (χ2v) is 6.00. The molecule has 0 heterocycles. The molecule has 0 spiro atoms. The van der Waals surface area contributed by atoms with E-state index < -0.39 is 0 Å². The van der Waals surface area contributed by atoms with Crippen molar-refractivity contribution in [2.75, 3.05) is 19.6 Å². The zero-order valence-electron chi connectivity index (χ0n) is 13.5. The highest BCUT2D eigenvalue weighted by Gasteiger charge is 2.02. The van der Waals surface area contributed by atoms with Gasteiger partial charge in [-0.15, -0.1) is 0 Å². The molecule has 24 heavy (non-hydrogen) atoms. The Balaban J connectivity index is 1.53. The summed E-state index contributed by atoms with van der Waals surface area (Å²) in [5.41, 5.74) is 1.83. The van der Waals surface area contributed by atoms with Crippen molar-refractivity contribution < 1.29 is 9.18 Å². The van der Waals surface area contributed by atoms with Crippen molar-refractivity contribution in [3.8, 4) is 0 Å². The number of amides is 1. The molecule has 0 radical (unpaired) electrons. The molecule has 2 aromatic carbocycles. The number of hydrogen-bond donors (Lipinski definition) is 2. The Hall–Kier alpha value is -1.91. The Labute approximate surface area is 147 Å². The quantitative estimate of drug-likeness (QED) is 0.682. The van der Waals surface area contributed by atoms with Crippen molar-refractivity contribution in [2.45, 2.75) is 19.3 Å². The third-order valence-electron chi connectivity index (χ3n) is 3.71. The molecule has 0 aromatic heterocycles. The zero-order valence-corrected chi connectivity index (χ0v) is 14.3. The molecule has 0 unspecified atom stereocenters. The van der Waals surface area contributed by atoms with Crippen LogP contribution < -0.4 is 10.6 Å². The lowest BCUT2D eigenvalue weighted by Gasteiger charge is -2.07. The minimum atomic E-state index is -0.181. The normalized spacial score (nSPS) is 10.6. The van der Waals surface area contributed by atoms with Crippen LogP contribution in [0.2, 0.25) is 5.02 Å². The summed E-state index contributed by atoms with van der Waals surface area (Å²) in [4.78, 5) is 11.7. The molecule has 0 aliphatic heterocycles. The molecule has 0 bridgehead atoms. The molecule has 5 heteroatoms. The van der Waals surface area contributed by atoms with Crippen LogP contribution in [-0.2, 0) is 17.6 Å². The van der Waals surface area contributed by atoms with Crippen LogP contribution >= 0.6 is 11.6 Å². The Morgan fingerprint density at radius 2 is 1.71 bits per heavy atom. The Morgan fingerprint density at radius 3 is 2.46 bits per heavy atom. The molecule has 0 saturated heterocycles. The lowest BCUT2D eigenvalue weighted by atomic mass is 10.1. The number of carbonyl (C=O) groups excluding carboxylic acids is 1. The van der Waals surface area contributed by atoms with E-state index >= 15 is 0 Å². The first-order valence-electron chi connectivity index (χ1n) is 8.10. The summed E-state index contributed by atoms with van der Waals surface area (Å²) in [7, 11) is 0. The SMILES string of the molecule is O=C(CCNCCc1ccccc1F)NCCc1ccc(Cl)cc1. The van der Waals surface area contributed by atoms with Gasteiger partial charge in [-0.2, -0.15) is 0 Å². The topological polar surface area (TPSA) is 41.1 Å². The number of hydrogen-bond acceptors (Lipinski definition) is 2. The molecule has 2 rings (SSSR count). The van der Waals surface area contributed by atoms with E-state index in [0.717, 1.165) is 12.0 Å². The van der Waals surface area contributed by atoms with Gasteiger partial charge in [0.2, 0.25) is 5.91 Å². The first kappa shape index (κ1) is 18.4. The van der Waals surface area contributed by atoms with Gasteiger partial charge in [0.15, 0.2) is 0 Å². The van der Waals surface area contributed by atoms with Crippen LogP contribution in [0.25, 0.3) is 0 Å². The van der Waals surface area contributed by atoms with E-state index in [-0.39, 0.29) is 11.7 Å². The van der Waals surface area contributed by atoms with Crippen molar-refractivity contribution >= 4 is 17.5 Å². The van der Waals surface area contributed by atoms with Gasteiger partial charge in [-0.05, 0) is 48.7 Å². The number of halogens is 2. The van der Waals surface area contributed by atoms with Crippen LogP contribution in [0.5, 0.6) is 0 Å². The largest absolute Gasteiger partial charge is 0.356 e. The zero-order chi connectivity index (χ0) is 17.2. The highest BCUT2D eigenvalue weighted by Crippen LogP contribution is 2.09. The predicted octanol–water partition coefficient (Wildman–Crippen LogP) is 3.36. The summed E-state index contributed by atoms with van der Waals surface area (Å²) in [6.45, 7) is 1.84. The van der Waals surface area contributed by atoms with Crippen LogP contribution in [0.1, 0.15) is 17.5 Å². The minimum Gasteiger partial charge on any atom is -0.356 e. The summed E-state index contributed by atoms with van der Waals surface area (Å²) < 4.78 is 13.4. The minimum absolute atomic E-state index is 0.0161. The Morgan fingerprint density at radius 1 is 0.958 bits per heavy atom. The van der Waals surface area contributed by atoms with E-state index in [4.69, 9.17) is 11.6 Å². The summed E-state index contributed by atoms with van der Waals surface area (Å²) in [6.07, 6.45) is 1.81. The van der Waals surface area contributed by atoms with E-state index in [1.54, 1.807) is 12.1 Å². The number of carbonyl (C=O) groups is 1. The molecule has 1 amide bonds. The molecule has 2 aromatic rings. The molecule has 0 aliphatic carbocycles. The highest BCUT2D eigenvalue weighted by molar-refractivity contribution is 6.30. The second kappa shape index (κ2) is 10.1. The Kier molecular flexibility index (Phi) is 7.72. The molecular weight excluding hydrogens is 327 g/mol.